The smallest absolute Gasteiger partial charge is 0.329 e. The van der Waals surface area contributed by atoms with Crippen molar-refractivity contribution in [2.24, 2.45) is 0 Å². The van der Waals surface area contributed by atoms with Crippen molar-refractivity contribution in [1.82, 2.24) is 15.1 Å². The molecule has 112 valence electrons. The second-order valence-electron chi connectivity index (χ2n) is 6.19. The van der Waals surface area contributed by atoms with Crippen LogP contribution in [0.25, 0.3) is 0 Å². The lowest BCUT2D eigenvalue weighted by molar-refractivity contribution is -0.144. The van der Waals surface area contributed by atoms with Gasteiger partial charge in [0.05, 0.1) is 17.3 Å². The number of nitrogens with one attached hydrogen (secondary N) is 1. The highest BCUT2D eigenvalue weighted by Crippen LogP contribution is 2.16. The van der Waals surface area contributed by atoms with Crippen molar-refractivity contribution >= 4 is 11.9 Å². The van der Waals surface area contributed by atoms with Crippen LogP contribution in [-0.2, 0) is 10.3 Å². The molecule has 1 amide bonds. The molecule has 0 saturated carbocycles. The molecule has 0 radical (unpaired) electrons. The number of carbonyl (C=O) groups is 2. The van der Waals surface area contributed by atoms with E-state index in [9.17, 15) is 14.7 Å². The maximum Gasteiger partial charge on any atom is 0.329 e. The number of amides is 1. The highest BCUT2D eigenvalue weighted by Gasteiger charge is 2.34. The highest BCUT2D eigenvalue weighted by atomic mass is 16.4. The van der Waals surface area contributed by atoms with Gasteiger partial charge in [0, 0.05) is 6.20 Å². The topological polar surface area (TPSA) is 84.2 Å². The van der Waals surface area contributed by atoms with Gasteiger partial charge in [-0.25, -0.2) is 4.79 Å². The predicted molar refractivity (Wildman–Crippen MR) is 75.6 cm³/mol. The number of aromatic nitrogens is 2. The minimum absolute atomic E-state index is 0.224. The number of hydrogen-bond donors (Lipinski definition) is 2. The monoisotopic (exact) mass is 281 g/mol. The number of nitrogens with zero attached hydrogens (tertiary/aromatic N) is 2. The molecule has 0 aliphatic rings. The van der Waals surface area contributed by atoms with Gasteiger partial charge in [-0.2, -0.15) is 5.10 Å². The van der Waals surface area contributed by atoms with Crippen molar-refractivity contribution in [3.05, 3.63) is 18.0 Å². The average Bonchev–Trinajstić information content (AvgIpc) is 2.77. The van der Waals surface area contributed by atoms with Gasteiger partial charge in [0.2, 0.25) is 0 Å². The molecule has 1 rings (SSSR count). The lowest BCUT2D eigenvalue weighted by Crippen LogP contribution is -2.52. The van der Waals surface area contributed by atoms with E-state index in [1.54, 1.807) is 10.9 Å². The predicted octanol–water partition coefficient (Wildman–Crippen LogP) is 2.01. The zero-order chi connectivity index (χ0) is 15.6. The number of carbonyl (C=O) groups excluding carboxylic acids is 1. The first kappa shape index (κ1) is 16.2. The first-order chi connectivity index (χ1) is 9.10. The van der Waals surface area contributed by atoms with Gasteiger partial charge in [-0.3, -0.25) is 9.48 Å². The van der Waals surface area contributed by atoms with E-state index in [0.717, 1.165) is 0 Å². The standard InChI is InChI=1S/C14H23N3O3/c1-6-7-14(5,12(19)20)16-11(18)10-8-15-17(9-10)13(2,3)4/h8-9H,6-7H2,1-5H3,(H,16,18)(H,19,20)/t14-/m1/s1. The maximum absolute atomic E-state index is 12.2. The van der Waals surface area contributed by atoms with Gasteiger partial charge < -0.3 is 10.4 Å². The van der Waals surface area contributed by atoms with Crippen molar-refractivity contribution in [1.29, 1.82) is 0 Å². The Morgan fingerprint density at radius 3 is 2.35 bits per heavy atom. The number of carboxylic acid groups (broad SMARTS) is 1. The summed E-state index contributed by atoms with van der Waals surface area (Å²) in [6, 6.07) is 0. The third-order valence-corrected chi connectivity index (χ3v) is 3.14. The number of hydrogen-bond acceptors (Lipinski definition) is 3. The normalized spacial score (nSPS) is 14.7. The van der Waals surface area contributed by atoms with Crippen LogP contribution in [0.4, 0.5) is 0 Å². The van der Waals surface area contributed by atoms with Crippen LogP contribution in [-0.4, -0.2) is 32.3 Å². The molecular formula is C14H23N3O3. The van der Waals surface area contributed by atoms with Gasteiger partial charge in [-0.05, 0) is 34.1 Å². The van der Waals surface area contributed by atoms with E-state index in [4.69, 9.17) is 0 Å². The molecule has 0 aliphatic carbocycles. The van der Waals surface area contributed by atoms with Gasteiger partial charge in [0.15, 0.2) is 0 Å². The Balaban J connectivity index is 2.90. The summed E-state index contributed by atoms with van der Waals surface area (Å²) >= 11 is 0. The molecule has 0 spiro atoms. The van der Waals surface area contributed by atoms with E-state index in [1.807, 2.05) is 27.7 Å². The van der Waals surface area contributed by atoms with Crippen LogP contribution in [0.2, 0.25) is 0 Å². The Labute approximate surface area is 119 Å². The molecule has 0 unspecified atom stereocenters. The molecule has 1 heterocycles. The first-order valence-corrected chi connectivity index (χ1v) is 6.71. The molecule has 1 aromatic heterocycles. The molecule has 0 aromatic carbocycles. The van der Waals surface area contributed by atoms with E-state index in [1.165, 1.54) is 13.1 Å². The molecule has 1 aromatic rings. The van der Waals surface area contributed by atoms with Crippen molar-refractivity contribution in [2.75, 3.05) is 0 Å². The van der Waals surface area contributed by atoms with Crippen LogP contribution in [0.5, 0.6) is 0 Å². The Bertz CT molecular complexity index is 502. The molecule has 0 aliphatic heterocycles. The van der Waals surface area contributed by atoms with Crippen molar-refractivity contribution in [3.63, 3.8) is 0 Å². The van der Waals surface area contributed by atoms with Crippen molar-refractivity contribution in [3.8, 4) is 0 Å². The van der Waals surface area contributed by atoms with E-state index < -0.39 is 17.4 Å². The Morgan fingerprint density at radius 2 is 1.95 bits per heavy atom. The van der Waals surface area contributed by atoms with E-state index >= 15 is 0 Å². The van der Waals surface area contributed by atoms with Gasteiger partial charge in [-0.1, -0.05) is 13.3 Å². The maximum atomic E-state index is 12.2. The highest BCUT2D eigenvalue weighted by molar-refractivity contribution is 5.97. The largest absolute Gasteiger partial charge is 0.480 e. The summed E-state index contributed by atoms with van der Waals surface area (Å²) in [7, 11) is 0. The summed E-state index contributed by atoms with van der Waals surface area (Å²) < 4.78 is 1.68. The summed E-state index contributed by atoms with van der Waals surface area (Å²) in [5.74, 6) is -1.45. The summed E-state index contributed by atoms with van der Waals surface area (Å²) in [5, 5.41) is 16.0. The van der Waals surface area contributed by atoms with Crippen LogP contribution in [0.15, 0.2) is 12.4 Å². The summed E-state index contributed by atoms with van der Waals surface area (Å²) in [6.07, 6.45) is 4.13. The second-order valence-corrected chi connectivity index (χ2v) is 6.19. The summed E-state index contributed by atoms with van der Waals surface area (Å²) in [6.45, 7) is 9.32. The Kier molecular flexibility index (Phi) is 4.57. The summed E-state index contributed by atoms with van der Waals surface area (Å²) in [5.41, 5.74) is -1.11. The third-order valence-electron chi connectivity index (χ3n) is 3.14. The van der Waals surface area contributed by atoms with E-state index in [2.05, 4.69) is 10.4 Å². The number of rotatable bonds is 5. The zero-order valence-electron chi connectivity index (χ0n) is 12.7. The van der Waals surface area contributed by atoms with Crippen LogP contribution in [0.1, 0.15) is 57.8 Å². The lowest BCUT2D eigenvalue weighted by Gasteiger charge is -2.25. The van der Waals surface area contributed by atoms with Crippen LogP contribution in [0.3, 0.4) is 0 Å². The molecule has 0 bridgehead atoms. The van der Waals surface area contributed by atoms with Crippen LogP contribution < -0.4 is 5.32 Å². The Hall–Kier alpha value is -1.85. The first-order valence-electron chi connectivity index (χ1n) is 6.71. The molecule has 0 fully saturated rings. The molecule has 6 nitrogen and oxygen atoms in total. The zero-order valence-corrected chi connectivity index (χ0v) is 12.7. The molecule has 6 heteroatoms. The third kappa shape index (κ3) is 3.59. The number of aliphatic carboxylic acids is 1. The lowest BCUT2D eigenvalue weighted by atomic mass is 9.96. The van der Waals surface area contributed by atoms with Gasteiger partial charge >= 0.3 is 5.97 Å². The molecular weight excluding hydrogens is 258 g/mol. The molecule has 20 heavy (non-hydrogen) atoms. The molecule has 2 N–H and O–H groups in total. The Morgan fingerprint density at radius 1 is 1.35 bits per heavy atom. The minimum Gasteiger partial charge on any atom is -0.480 e. The van der Waals surface area contributed by atoms with Crippen LogP contribution >= 0.6 is 0 Å². The molecule has 0 saturated heterocycles. The van der Waals surface area contributed by atoms with E-state index in [0.29, 0.717) is 18.4 Å². The fourth-order valence-corrected chi connectivity index (χ4v) is 1.85. The second kappa shape index (κ2) is 5.64. The van der Waals surface area contributed by atoms with Gasteiger partial charge in [0.25, 0.3) is 5.91 Å². The minimum atomic E-state index is -1.25. The summed E-state index contributed by atoms with van der Waals surface area (Å²) in [4.78, 5) is 23.5. The SMILES string of the molecule is CCC[C@@](C)(NC(=O)c1cnn(C(C)(C)C)c1)C(=O)O. The fourth-order valence-electron chi connectivity index (χ4n) is 1.85. The number of carboxylic acids is 1. The molecule has 1 atom stereocenters. The van der Waals surface area contributed by atoms with Gasteiger partial charge in [0.1, 0.15) is 5.54 Å². The van der Waals surface area contributed by atoms with E-state index in [-0.39, 0.29) is 5.54 Å². The van der Waals surface area contributed by atoms with Crippen molar-refractivity contribution < 1.29 is 14.7 Å². The average molecular weight is 281 g/mol. The van der Waals surface area contributed by atoms with Crippen molar-refractivity contribution in [2.45, 2.75) is 58.5 Å². The quantitative estimate of drug-likeness (QED) is 0.864. The van der Waals surface area contributed by atoms with Gasteiger partial charge in [-0.15, -0.1) is 0 Å². The van der Waals surface area contributed by atoms with Crippen LogP contribution in [0, 0.1) is 0 Å². The fraction of sp³-hybridized carbons (Fsp3) is 0.643.